The maximum Gasteiger partial charge on any atom is 0.118 e. The molecule has 0 spiro atoms. The summed E-state index contributed by atoms with van der Waals surface area (Å²) in [7, 11) is 3.30. The Kier molecular flexibility index (Phi) is 12.5. The molecule has 0 radical (unpaired) electrons. The van der Waals surface area contributed by atoms with Crippen molar-refractivity contribution in [3.05, 3.63) is 59.7 Å². The smallest absolute Gasteiger partial charge is 0.118 e. The highest BCUT2D eigenvalue weighted by Gasteiger charge is 2.38. The van der Waals surface area contributed by atoms with Crippen LogP contribution in [0.1, 0.15) is 38.8 Å². The predicted molar refractivity (Wildman–Crippen MR) is 136 cm³/mol. The molecule has 7 heteroatoms. The third-order valence-corrected chi connectivity index (χ3v) is 6.01. The van der Waals surface area contributed by atoms with E-state index < -0.39 is 12.2 Å². The zero-order chi connectivity index (χ0) is 25.8. The molecule has 196 valence electrons. The first-order valence-electron chi connectivity index (χ1n) is 12.2. The molecule has 0 aromatic heterocycles. The molecule has 1 fully saturated rings. The zero-order valence-electron chi connectivity index (χ0n) is 21.8. The van der Waals surface area contributed by atoms with Crippen molar-refractivity contribution >= 4 is 0 Å². The summed E-state index contributed by atoms with van der Waals surface area (Å²) in [6.45, 7) is 10.00. The Labute approximate surface area is 209 Å². The third kappa shape index (κ3) is 10.5. The second-order valence-electron chi connectivity index (χ2n) is 9.22. The van der Waals surface area contributed by atoms with Crippen LogP contribution in [0.2, 0.25) is 0 Å². The van der Waals surface area contributed by atoms with Crippen molar-refractivity contribution in [1.29, 1.82) is 0 Å². The first-order valence-corrected chi connectivity index (χ1v) is 12.2. The van der Waals surface area contributed by atoms with Gasteiger partial charge < -0.3 is 33.9 Å². The molecule has 0 bridgehead atoms. The number of rotatable bonds is 13. The lowest BCUT2D eigenvalue weighted by atomic mass is 10.0. The molecule has 2 N–H and O–H groups in total. The minimum atomic E-state index is -0.749. The Morgan fingerprint density at radius 1 is 0.771 bits per heavy atom. The average Bonchev–Trinajstić information content (AvgIpc) is 3.61. The highest BCUT2D eigenvalue weighted by atomic mass is 16.6. The molecule has 2 aromatic carbocycles. The summed E-state index contributed by atoms with van der Waals surface area (Å²) in [6, 6.07) is 15.6. The van der Waals surface area contributed by atoms with Crippen LogP contribution in [0.4, 0.5) is 0 Å². The van der Waals surface area contributed by atoms with E-state index in [0.717, 1.165) is 23.7 Å². The van der Waals surface area contributed by atoms with Gasteiger partial charge in [-0.2, -0.15) is 0 Å². The van der Waals surface area contributed by atoms with Crippen molar-refractivity contribution in [2.24, 2.45) is 11.8 Å². The van der Waals surface area contributed by atoms with Crippen LogP contribution in [-0.4, -0.2) is 62.1 Å². The van der Waals surface area contributed by atoms with E-state index in [2.05, 4.69) is 13.8 Å². The molecular formula is C28H42O7. The number of hydrogen-bond donors (Lipinski definition) is 2. The largest absolute Gasteiger partial charge is 0.497 e. The lowest BCUT2D eigenvalue weighted by Crippen LogP contribution is -2.32. The van der Waals surface area contributed by atoms with Crippen LogP contribution in [0.25, 0.3) is 0 Å². The van der Waals surface area contributed by atoms with Crippen LogP contribution in [0.5, 0.6) is 11.5 Å². The molecule has 3 rings (SSSR count). The molecule has 0 amide bonds. The third-order valence-electron chi connectivity index (χ3n) is 6.01. The van der Waals surface area contributed by atoms with Crippen molar-refractivity contribution in [2.75, 3.05) is 27.4 Å². The van der Waals surface area contributed by atoms with Gasteiger partial charge in [-0.3, -0.25) is 0 Å². The molecule has 2 aromatic rings. The Hall–Kier alpha value is -2.16. The van der Waals surface area contributed by atoms with Crippen LogP contribution in [0, 0.1) is 11.8 Å². The van der Waals surface area contributed by atoms with Crippen molar-refractivity contribution in [2.45, 2.75) is 65.3 Å². The van der Waals surface area contributed by atoms with E-state index in [0.29, 0.717) is 37.9 Å². The maximum atomic E-state index is 9.61. The van der Waals surface area contributed by atoms with Gasteiger partial charge >= 0.3 is 0 Å². The predicted octanol–water partition coefficient (Wildman–Crippen LogP) is 4.22. The highest BCUT2D eigenvalue weighted by molar-refractivity contribution is 5.27. The molecule has 1 aliphatic rings. The van der Waals surface area contributed by atoms with E-state index in [9.17, 15) is 10.2 Å². The van der Waals surface area contributed by atoms with E-state index >= 15 is 0 Å². The number of aliphatic hydroxyl groups excluding tert-OH is 2. The molecule has 0 aliphatic carbocycles. The Balaban J connectivity index is 0.000000247. The number of epoxide rings is 1. The monoisotopic (exact) mass is 490 g/mol. The van der Waals surface area contributed by atoms with Gasteiger partial charge in [0.1, 0.15) is 11.5 Å². The standard InChI is InChI=1S/C14H22O4.C14H20O3/c1-10(14(16)11(2)15)8-18-9-12-4-6-13(17-3)7-5-12;1-10(14-11(2)17-14)8-16-9-12-4-6-13(15-3)7-5-12/h4-7,10-11,14-16H,8-9H2,1-3H3;4-7,10-11,14H,8-9H2,1-3H3/t2*10-,11-,14-/m00/s1. The SMILES string of the molecule is COc1ccc(COC[C@H](C)[C@@H]2O[C@H]2C)cc1.COc1ccc(COC[C@H](C)[C@H](O)[C@H](C)O)cc1. The van der Waals surface area contributed by atoms with Gasteiger partial charge in [0.25, 0.3) is 0 Å². The molecule has 0 saturated carbocycles. The van der Waals surface area contributed by atoms with Gasteiger partial charge in [0, 0.05) is 11.8 Å². The normalized spacial score (nSPS) is 20.1. The molecule has 6 atom stereocenters. The summed E-state index contributed by atoms with van der Waals surface area (Å²) < 4.78 is 26.8. The maximum absolute atomic E-state index is 9.61. The lowest BCUT2D eigenvalue weighted by molar-refractivity contribution is -0.0338. The van der Waals surface area contributed by atoms with Crippen molar-refractivity contribution in [3.8, 4) is 11.5 Å². The Morgan fingerprint density at radius 2 is 1.20 bits per heavy atom. The quantitative estimate of drug-likeness (QED) is 0.406. The molecule has 1 aliphatic heterocycles. The van der Waals surface area contributed by atoms with E-state index in [1.54, 1.807) is 21.1 Å². The number of aliphatic hydroxyl groups is 2. The second-order valence-corrected chi connectivity index (χ2v) is 9.22. The number of benzene rings is 2. The summed E-state index contributed by atoms with van der Waals surface area (Å²) in [6.07, 6.45) is -0.675. The van der Waals surface area contributed by atoms with Crippen molar-refractivity contribution < 1.29 is 33.9 Å². The summed E-state index contributed by atoms with van der Waals surface area (Å²) in [5.74, 6) is 2.07. The van der Waals surface area contributed by atoms with E-state index in [1.165, 1.54) is 5.56 Å². The van der Waals surface area contributed by atoms with Crippen LogP contribution >= 0.6 is 0 Å². The first-order chi connectivity index (χ1) is 16.7. The van der Waals surface area contributed by atoms with Gasteiger partial charge in [-0.15, -0.1) is 0 Å². The topological polar surface area (TPSA) is 89.9 Å². The molecule has 0 unspecified atom stereocenters. The van der Waals surface area contributed by atoms with Crippen LogP contribution in [-0.2, 0) is 27.4 Å². The van der Waals surface area contributed by atoms with E-state index in [4.69, 9.17) is 23.7 Å². The lowest BCUT2D eigenvalue weighted by Gasteiger charge is -2.21. The van der Waals surface area contributed by atoms with Gasteiger partial charge in [-0.25, -0.2) is 0 Å². The van der Waals surface area contributed by atoms with Crippen LogP contribution < -0.4 is 9.47 Å². The molecule has 1 saturated heterocycles. The summed E-state index contributed by atoms with van der Waals surface area (Å²) >= 11 is 0. The van der Waals surface area contributed by atoms with Crippen LogP contribution in [0.15, 0.2) is 48.5 Å². The summed E-state index contributed by atoms with van der Waals surface area (Å²) in [5, 5.41) is 18.9. The van der Waals surface area contributed by atoms with Gasteiger partial charge in [0.05, 0.1) is 65.1 Å². The van der Waals surface area contributed by atoms with Gasteiger partial charge in [-0.1, -0.05) is 38.1 Å². The van der Waals surface area contributed by atoms with Gasteiger partial charge in [-0.05, 0) is 49.2 Å². The fraction of sp³-hybridized carbons (Fsp3) is 0.571. The molecular weight excluding hydrogens is 448 g/mol. The van der Waals surface area contributed by atoms with Crippen LogP contribution in [0.3, 0.4) is 0 Å². The minimum absolute atomic E-state index is 0.0942. The average molecular weight is 491 g/mol. The second kappa shape index (κ2) is 15.1. The Morgan fingerprint density at radius 3 is 1.57 bits per heavy atom. The molecule has 1 heterocycles. The minimum Gasteiger partial charge on any atom is -0.497 e. The summed E-state index contributed by atoms with van der Waals surface area (Å²) in [5.41, 5.74) is 2.22. The fourth-order valence-electron chi connectivity index (χ4n) is 3.64. The summed E-state index contributed by atoms with van der Waals surface area (Å²) in [4.78, 5) is 0. The number of ether oxygens (including phenoxy) is 5. The molecule has 7 nitrogen and oxygen atoms in total. The Bertz CT molecular complexity index is 822. The first kappa shape index (κ1) is 29.1. The number of methoxy groups -OCH3 is 2. The van der Waals surface area contributed by atoms with E-state index in [-0.39, 0.29) is 5.92 Å². The highest BCUT2D eigenvalue weighted by Crippen LogP contribution is 2.29. The number of hydrogen-bond acceptors (Lipinski definition) is 7. The van der Waals surface area contributed by atoms with Gasteiger partial charge in [0.15, 0.2) is 0 Å². The fourth-order valence-corrected chi connectivity index (χ4v) is 3.64. The van der Waals surface area contributed by atoms with Crippen molar-refractivity contribution in [1.82, 2.24) is 0 Å². The molecule has 35 heavy (non-hydrogen) atoms. The van der Waals surface area contributed by atoms with Gasteiger partial charge in [0.2, 0.25) is 0 Å². The van der Waals surface area contributed by atoms with Crippen molar-refractivity contribution in [3.63, 3.8) is 0 Å². The zero-order valence-corrected chi connectivity index (χ0v) is 21.8. The van der Waals surface area contributed by atoms with E-state index in [1.807, 2.05) is 55.5 Å².